The number of amides is 1. The predicted molar refractivity (Wildman–Crippen MR) is 117 cm³/mol. The largest absolute Gasteiger partial charge is 0.381 e. The SMILES string of the molecule is CN.COC1(c2cccc(NC(C(=O)N(C)C)c3ccccc3)c2)CCOCC1. The number of rotatable bonds is 6. The highest BCUT2D eigenvalue weighted by Crippen LogP contribution is 2.37. The molecule has 0 bridgehead atoms. The Morgan fingerprint density at radius 3 is 2.34 bits per heavy atom. The Hall–Kier alpha value is -2.41. The third-order valence-corrected chi connectivity index (χ3v) is 5.21. The zero-order valence-corrected chi connectivity index (χ0v) is 17.9. The van der Waals surface area contributed by atoms with Gasteiger partial charge in [0.15, 0.2) is 0 Å². The minimum Gasteiger partial charge on any atom is -0.381 e. The van der Waals surface area contributed by atoms with Crippen LogP contribution in [0.25, 0.3) is 0 Å². The molecule has 0 spiro atoms. The van der Waals surface area contributed by atoms with Crippen molar-refractivity contribution in [2.45, 2.75) is 24.5 Å². The molecule has 2 aromatic carbocycles. The fourth-order valence-electron chi connectivity index (χ4n) is 3.56. The van der Waals surface area contributed by atoms with Gasteiger partial charge in [-0.2, -0.15) is 0 Å². The van der Waals surface area contributed by atoms with Crippen molar-refractivity contribution in [3.63, 3.8) is 0 Å². The molecule has 0 radical (unpaired) electrons. The lowest BCUT2D eigenvalue weighted by atomic mass is 9.86. The van der Waals surface area contributed by atoms with Gasteiger partial charge in [0.2, 0.25) is 5.91 Å². The lowest BCUT2D eigenvalue weighted by molar-refractivity contribution is -0.129. The quantitative estimate of drug-likeness (QED) is 0.780. The number of nitrogens with two attached hydrogens (primary N) is 1. The van der Waals surface area contributed by atoms with Gasteiger partial charge in [0.05, 0.1) is 5.60 Å². The van der Waals surface area contributed by atoms with Crippen LogP contribution in [0.1, 0.15) is 30.0 Å². The zero-order chi connectivity index (χ0) is 21.3. The number of carbonyl (C=O) groups is 1. The number of hydrogen-bond donors (Lipinski definition) is 2. The van der Waals surface area contributed by atoms with Gasteiger partial charge in [0.25, 0.3) is 0 Å². The summed E-state index contributed by atoms with van der Waals surface area (Å²) in [6, 6.07) is 17.5. The molecule has 3 rings (SSSR count). The molecule has 6 heteroatoms. The molecule has 0 aromatic heterocycles. The monoisotopic (exact) mass is 399 g/mol. The number of nitrogens with zero attached hydrogens (tertiary/aromatic N) is 1. The molecule has 1 saturated heterocycles. The summed E-state index contributed by atoms with van der Waals surface area (Å²) >= 11 is 0. The van der Waals surface area contributed by atoms with E-state index in [1.807, 2.05) is 42.5 Å². The molecule has 1 heterocycles. The Labute approximate surface area is 174 Å². The van der Waals surface area contributed by atoms with Crippen LogP contribution in [0.3, 0.4) is 0 Å². The van der Waals surface area contributed by atoms with E-state index < -0.39 is 6.04 Å². The number of likely N-dealkylation sites (N-methyl/N-ethyl adjacent to an activating group) is 1. The maximum absolute atomic E-state index is 12.8. The standard InChI is InChI=1S/C22H28N2O3.CH5N/c1-24(2)21(25)20(17-8-5-4-6-9-17)23-19-11-7-10-18(16-19)22(26-3)12-14-27-15-13-22;1-2/h4-11,16,20,23H,12-15H2,1-3H3;2H2,1H3. The van der Waals surface area contributed by atoms with E-state index in [1.54, 1.807) is 26.1 Å². The summed E-state index contributed by atoms with van der Waals surface area (Å²) in [6.45, 7) is 1.38. The van der Waals surface area contributed by atoms with Gasteiger partial charge in [0, 0.05) is 52.9 Å². The van der Waals surface area contributed by atoms with Gasteiger partial charge < -0.3 is 25.4 Å². The molecule has 0 saturated carbocycles. The van der Waals surface area contributed by atoms with Crippen molar-refractivity contribution in [2.75, 3.05) is 46.8 Å². The Morgan fingerprint density at radius 1 is 1.10 bits per heavy atom. The molecule has 1 atom stereocenters. The third-order valence-electron chi connectivity index (χ3n) is 5.21. The van der Waals surface area contributed by atoms with Crippen LogP contribution in [-0.2, 0) is 19.9 Å². The molecule has 3 N–H and O–H groups in total. The van der Waals surface area contributed by atoms with E-state index in [0.29, 0.717) is 13.2 Å². The normalized spacial score (nSPS) is 16.2. The highest BCUT2D eigenvalue weighted by Gasteiger charge is 2.34. The first-order chi connectivity index (χ1) is 14.1. The molecule has 1 unspecified atom stereocenters. The van der Waals surface area contributed by atoms with E-state index >= 15 is 0 Å². The van der Waals surface area contributed by atoms with Crippen LogP contribution in [0.4, 0.5) is 5.69 Å². The van der Waals surface area contributed by atoms with Gasteiger partial charge in [0.1, 0.15) is 6.04 Å². The second-order valence-electron chi connectivity index (χ2n) is 7.11. The van der Waals surface area contributed by atoms with Crippen molar-refractivity contribution in [3.05, 3.63) is 65.7 Å². The van der Waals surface area contributed by atoms with Gasteiger partial charge in [-0.1, -0.05) is 42.5 Å². The predicted octanol–water partition coefficient (Wildman–Crippen LogP) is 3.16. The summed E-state index contributed by atoms with van der Waals surface area (Å²) in [4.78, 5) is 14.4. The highest BCUT2D eigenvalue weighted by atomic mass is 16.5. The molecule has 1 amide bonds. The number of methoxy groups -OCH3 is 1. The van der Waals surface area contributed by atoms with Gasteiger partial charge in [-0.15, -0.1) is 0 Å². The topological polar surface area (TPSA) is 76.8 Å². The molecule has 1 fully saturated rings. The van der Waals surface area contributed by atoms with E-state index in [9.17, 15) is 4.79 Å². The fraction of sp³-hybridized carbons (Fsp3) is 0.435. The number of carbonyl (C=O) groups excluding carboxylic acids is 1. The second-order valence-corrected chi connectivity index (χ2v) is 7.11. The summed E-state index contributed by atoms with van der Waals surface area (Å²) in [7, 11) is 6.81. The lowest BCUT2D eigenvalue weighted by Gasteiger charge is -2.36. The van der Waals surface area contributed by atoms with Crippen LogP contribution in [-0.4, -0.2) is 52.3 Å². The highest BCUT2D eigenvalue weighted by molar-refractivity contribution is 5.85. The van der Waals surface area contributed by atoms with Crippen molar-refractivity contribution in [1.82, 2.24) is 4.90 Å². The lowest BCUT2D eigenvalue weighted by Crippen LogP contribution is -2.36. The van der Waals surface area contributed by atoms with Crippen molar-refractivity contribution < 1.29 is 14.3 Å². The molecule has 1 aliphatic rings. The van der Waals surface area contributed by atoms with Crippen molar-refractivity contribution in [2.24, 2.45) is 5.73 Å². The average molecular weight is 400 g/mol. The van der Waals surface area contributed by atoms with Crippen LogP contribution < -0.4 is 11.1 Å². The van der Waals surface area contributed by atoms with Crippen molar-refractivity contribution in [3.8, 4) is 0 Å². The Bertz CT molecular complexity index is 759. The first kappa shape index (κ1) is 22.9. The molecule has 158 valence electrons. The van der Waals surface area contributed by atoms with E-state index in [0.717, 1.165) is 29.7 Å². The van der Waals surface area contributed by atoms with Crippen LogP contribution in [0.5, 0.6) is 0 Å². The van der Waals surface area contributed by atoms with Crippen LogP contribution >= 0.6 is 0 Å². The van der Waals surface area contributed by atoms with E-state index in [-0.39, 0.29) is 11.5 Å². The van der Waals surface area contributed by atoms with Gasteiger partial charge in [-0.05, 0) is 30.3 Å². The smallest absolute Gasteiger partial charge is 0.249 e. The van der Waals surface area contributed by atoms with Crippen molar-refractivity contribution in [1.29, 1.82) is 0 Å². The zero-order valence-electron chi connectivity index (χ0n) is 17.9. The summed E-state index contributed by atoms with van der Waals surface area (Å²) in [5, 5.41) is 3.42. The maximum atomic E-state index is 12.8. The van der Waals surface area contributed by atoms with Crippen molar-refractivity contribution >= 4 is 11.6 Å². The number of benzene rings is 2. The number of nitrogens with one attached hydrogen (secondary N) is 1. The Morgan fingerprint density at radius 2 is 1.76 bits per heavy atom. The van der Waals surface area contributed by atoms with Crippen LogP contribution in [0.15, 0.2) is 54.6 Å². The number of anilines is 1. The second kappa shape index (κ2) is 11.0. The molecule has 6 nitrogen and oxygen atoms in total. The third kappa shape index (κ3) is 5.56. The Kier molecular flexibility index (Phi) is 8.64. The Balaban J connectivity index is 0.00000145. The van der Waals surface area contributed by atoms with E-state index in [2.05, 4.69) is 23.2 Å². The molecular formula is C23H33N3O3. The summed E-state index contributed by atoms with van der Waals surface area (Å²) < 4.78 is 11.4. The first-order valence-corrected chi connectivity index (χ1v) is 9.89. The summed E-state index contributed by atoms with van der Waals surface area (Å²) in [5.41, 5.74) is 7.13. The first-order valence-electron chi connectivity index (χ1n) is 9.89. The molecule has 1 aliphatic heterocycles. The van der Waals surface area contributed by atoms with E-state index in [1.165, 1.54) is 7.05 Å². The summed E-state index contributed by atoms with van der Waals surface area (Å²) in [6.07, 6.45) is 1.65. The minimum absolute atomic E-state index is 0.0131. The van der Waals surface area contributed by atoms with Crippen LogP contribution in [0, 0.1) is 0 Å². The van der Waals surface area contributed by atoms with Gasteiger partial charge >= 0.3 is 0 Å². The van der Waals surface area contributed by atoms with E-state index in [4.69, 9.17) is 9.47 Å². The number of ether oxygens (including phenoxy) is 2. The van der Waals surface area contributed by atoms with Gasteiger partial charge in [-0.3, -0.25) is 4.79 Å². The molecular weight excluding hydrogens is 366 g/mol. The average Bonchev–Trinajstić information content (AvgIpc) is 2.79. The van der Waals surface area contributed by atoms with Crippen LogP contribution in [0.2, 0.25) is 0 Å². The number of hydrogen-bond acceptors (Lipinski definition) is 5. The minimum atomic E-state index is -0.440. The van der Waals surface area contributed by atoms with Gasteiger partial charge in [-0.25, -0.2) is 0 Å². The summed E-state index contributed by atoms with van der Waals surface area (Å²) in [5.74, 6) is 0.0131. The molecule has 29 heavy (non-hydrogen) atoms. The molecule has 0 aliphatic carbocycles. The maximum Gasteiger partial charge on any atom is 0.249 e. The molecule has 2 aromatic rings. The fourth-order valence-corrected chi connectivity index (χ4v) is 3.56.